The van der Waals surface area contributed by atoms with E-state index < -0.39 is 10.1 Å². The van der Waals surface area contributed by atoms with E-state index in [9.17, 15) is 8.42 Å². The summed E-state index contributed by atoms with van der Waals surface area (Å²) >= 11 is 0. The molecule has 76 valence electrons. The third-order valence-corrected chi connectivity index (χ3v) is 2.51. The van der Waals surface area contributed by atoms with Crippen LogP contribution in [0.2, 0.25) is 0 Å². The Morgan fingerprint density at radius 3 is 2.00 bits per heavy atom. The van der Waals surface area contributed by atoms with E-state index in [1.54, 1.807) is 0 Å². The van der Waals surface area contributed by atoms with Crippen molar-refractivity contribution in [2.75, 3.05) is 32.9 Å². The maximum atomic E-state index is 10.3. The molecule has 5 nitrogen and oxygen atoms in total. The van der Waals surface area contributed by atoms with E-state index in [2.05, 4.69) is 0 Å². The zero-order valence-electron chi connectivity index (χ0n) is 7.69. The van der Waals surface area contributed by atoms with Gasteiger partial charge in [-0.05, 0) is 6.92 Å². The van der Waals surface area contributed by atoms with E-state index in [4.69, 9.17) is 4.55 Å². The second-order valence-corrected chi connectivity index (χ2v) is 4.83. The molecule has 0 rings (SSSR count). The Bertz CT molecular complexity index is 210. The normalized spacial score (nSPS) is 12.3. The van der Waals surface area contributed by atoms with Crippen molar-refractivity contribution in [3.63, 3.8) is 0 Å². The van der Waals surface area contributed by atoms with Gasteiger partial charge in [-0.15, -0.1) is 0 Å². The lowest BCUT2D eigenvalue weighted by atomic mass is 10.5. The van der Waals surface area contributed by atoms with E-state index >= 15 is 0 Å². The van der Waals surface area contributed by atoms with Crippen molar-refractivity contribution < 1.29 is 22.9 Å². The lowest BCUT2D eigenvalue weighted by molar-refractivity contribution is -0.886. The first-order valence-corrected chi connectivity index (χ1v) is 5.15. The Hall–Kier alpha value is -0.170. The molecule has 0 bridgehead atoms. The van der Waals surface area contributed by atoms with Gasteiger partial charge in [0, 0.05) is 0 Å². The van der Waals surface area contributed by atoms with Crippen molar-refractivity contribution in [2.24, 2.45) is 0 Å². The van der Waals surface area contributed by atoms with E-state index in [-0.39, 0.29) is 11.2 Å². The first-order valence-electron chi connectivity index (χ1n) is 3.54. The molecule has 0 aromatic heterocycles. The average Bonchev–Trinajstić information content (AvgIpc) is 1.83. The van der Waals surface area contributed by atoms with E-state index in [0.29, 0.717) is 11.0 Å². The predicted molar refractivity (Wildman–Crippen MR) is 45.9 cm³/mol. The highest BCUT2D eigenvalue weighted by Gasteiger charge is 2.16. The SMILES string of the molecule is CC[N+](C)(C)CCS(=O)(=O)O.[OH-]. The van der Waals surface area contributed by atoms with Crippen LogP contribution in [0, 0.1) is 0 Å². The van der Waals surface area contributed by atoms with Crippen LogP contribution in [-0.2, 0) is 10.1 Å². The van der Waals surface area contributed by atoms with Crippen LogP contribution in [0.15, 0.2) is 0 Å². The molecule has 0 fully saturated rings. The summed E-state index contributed by atoms with van der Waals surface area (Å²) < 4.78 is 29.7. The smallest absolute Gasteiger partial charge is 0.270 e. The van der Waals surface area contributed by atoms with Gasteiger partial charge in [-0.3, -0.25) is 4.55 Å². The van der Waals surface area contributed by atoms with Gasteiger partial charge >= 0.3 is 0 Å². The Balaban J connectivity index is 0. The molecule has 0 radical (unpaired) electrons. The van der Waals surface area contributed by atoms with Gasteiger partial charge in [-0.1, -0.05) is 0 Å². The van der Waals surface area contributed by atoms with Gasteiger partial charge in [-0.25, -0.2) is 0 Å². The topological polar surface area (TPSA) is 84.4 Å². The Labute approximate surface area is 73.6 Å². The van der Waals surface area contributed by atoms with Crippen LogP contribution in [0.25, 0.3) is 0 Å². The van der Waals surface area contributed by atoms with Crippen LogP contribution in [0.3, 0.4) is 0 Å². The predicted octanol–water partition coefficient (Wildman–Crippen LogP) is -0.206. The molecule has 0 heterocycles. The molecular weight excluding hydrogens is 182 g/mol. The number of quaternary nitrogens is 1. The molecule has 0 unspecified atom stereocenters. The molecule has 0 aliphatic rings. The minimum absolute atomic E-state index is 0. The van der Waals surface area contributed by atoms with Crippen molar-refractivity contribution in [3.8, 4) is 0 Å². The van der Waals surface area contributed by atoms with Crippen molar-refractivity contribution in [1.29, 1.82) is 0 Å². The molecule has 0 aliphatic carbocycles. The van der Waals surface area contributed by atoms with Gasteiger partial charge < -0.3 is 9.96 Å². The molecule has 0 saturated heterocycles. The fraction of sp³-hybridized carbons (Fsp3) is 1.00. The molecule has 0 aliphatic heterocycles. The van der Waals surface area contributed by atoms with E-state index in [0.717, 1.165) is 6.54 Å². The van der Waals surface area contributed by atoms with Crippen LogP contribution in [0.5, 0.6) is 0 Å². The second-order valence-electron chi connectivity index (χ2n) is 3.26. The Morgan fingerprint density at radius 2 is 1.75 bits per heavy atom. The monoisotopic (exact) mass is 199 g/mol. The quantitative estimate of drug-likeness (QED) is 0.501. The van der Waals surface area contributed by atoms with Crippen LogP contribution in [0.4, 0.5) is 0 Å². The van der Waals surface area contributed by atoms with Gasteiger partial charge in [0.2, 0.25) is 0 Å². The lowest BCUT2D eigenvalue weighted by Gasteiger charge is -2.27. The Kier molecular flexibility index (Phi) is 5.69. The molecule has 0 spiro atoms. The number of rotatable bonds is 4. The summed E-state index contributed by atoms with van der Waals surface area (Å²) in [5.74, 6) is -0.159. The summed E-state index contributed by atoms with van der Waals surface area (Å²) in [4.78, 5) is 0. The van der Waals surface area contributed by atoms with Crippen molar-refractivity contribution in [2.45, 2.75) is 6.92 Å². The maximum absolute atomic E-state index is 10.3. The largest absolute Gasteiger partial charge is 0.870 e. The summed E-state index contributed by atoms with van der Waals surface area (Å²) in [5, 5.41) is 0. The fourth-order valence-corrected chi connectivity index (χ4v) is 1.25. The standard InChI is InChI=1S/C6H15NO3S.H2O/c1-4-7(2,3)5-6-11(8,9)10;/h4-6H2,1-3H3;1H2. The van der Waals surface area contributed by atoms with Gasteiger partial charge in [0.1, 0.15) is 5.75 Å². The first kappa shape index (κ1) is 14.4. The van der Waals surface area contributed by atoms with Crippen molar-refractivity contribution >= 4 is 10.1 Å². The van der Waals surface area contributed by atoms with Crippen LogP contribution >= 0.6 is 0 Å². The number of nitrogens with zero attached hydrogens (tertiary/aromatic N) is 1. The molecule has 12 heavy (non-hydrogen) atoms. The number of hydrogen-bond donors (Lipinski definition) is 1. The zero-order chi connectivity index (χ0) is 9.12. The molecule has 0 amide bonds. The van der Waals surface area contributed by atoms with Crippen LogP contribution < -0.4 is 0 Å². The summed E-state index contributed by atoms with van der Waals surface area (Å²) in [6.45, 7) is 3.29. The van der Waals surface area contributed by atoms with Gasteiger partial charge in [0.25, 0.3) is 10.1 Å². The van der Waals surface area contributed by atoms with E-state index in [1.807, 2.05) is 21.0 Å². The third kappa shape index (κ3) is 7.93. The van der Waals surface area contributed by atoms with E-state index in [1.165, 1.54) is 0 Å². The Morgan fingerprint density at radius 1 is 1.33 bits per heavy atom. The highest BCUT2D eigenvalue weighted by atomic mass is 32.2. The van der Waals surface area contributed by atoms with Gasteiger partial charge in [0.05, 0.1) is 27.2 Å². The first-order chi connectivity index (χ1) is 4.77. The van der Waals surface area contributed by atoms with Crippen molar-refractivity contribution in [1.82, 2.24) is 0 Å². The molecule has 6 heteroatoms. The molecule has 0 aromatic rings. The highest BCUT2D eigenvalue weighted by Crippen LogP contribution is 1.96. The third-order valence-electron chi connectivity index (χ3n) is 1.81. The summed E-state index contributed by atoms with van der Waals surface area (Å²) in [6.07, 6.45) is 0. The summed E-state index contributed by atoms with van der Waals surface area (Å²) in [7, 11) is 0.0606. The second kappa shape index (κ2) is 4.76. The van der Waals surface area contributed by atoms with Gasteiger partial charge in [-0.2, -0.15) is 8.42 Å². The summed E-state index contributed by atoms with van der Waals surface area (Å²) in [6, 6.07) is 0. The minimum atomic E-state index is -3.78. The molecule has 2 N–H and O–H groups in total. The average molecular weight is 199 g/mol. The lowest BCUT2D eigenvalue weighted by Crippen LogP contribution is -2.42. The van der Waals surface area contributed by atoms with Gasteiger partial charge in [0.15, 0.2) is 0 Å². The van der Waals surface area contributed by atoms with Crippen LogP contribution in [0.1, 0.15) is 6.92 Å². The fourth-order valence-electron chi connectivity index (χ4n) is 0.521. The highest BCUT2D eigenvalue weighted by molar-refractivity contribution is 7.85. The molecule has 0 aromatic carbocycles. The minimum Gasteiger partial charge on any atom is -0.870 e. The molecular formula is C6H17NO4S. The van der Waals surface area contributed by atoms with Crippen LogP contribution in [-0.4, -0.2) is 55.9 Å². The summed E-state index contributed by atoms with van der Waals surface area (Å²) in [5.41, 5.74) is 0. The maximum Gasteiger partial charge on any atom is 0.270 e. The van der Waals surface area contributed by atoms with Crippen molar-refractivity contribution in [3.05, 3.63) is 0 Å². The zero-order valence-corrected chi connectivity index (χ0v) is 8.50. The molecule has 0 saturated carbocycles. The molecule has 0 atom stereocenters. The number of hydrogen-bond acceptors (Lipinski definition) is 3.